The van der Waals surface area contributed by atoms with Crippen LogP contribution in [0.4, 0.5) is 0 Å². The molecule has 0 bridgehead atoms. The van der Waals surface area contributed by atoms with Crippen LogP contribution < -0.4 is 44.5 Å². The lowest BCUT2D eigenvalue weighted by atomic mass is 9.73. The second-order valence-corrected chi connectivity index (χ2v) is 34.6. The van der Waals surface area contributed by atoms with Crippen LogP contribution in [0.15, 0.2) is 160 Å². The van der Waals surface area contributed by atoms with E-state index in [-0.39, 0.29) is 106 Å². The molecule has 4 aromatic heterocycles. The SMILES string of the molecule is CC(C)c1cccc(C(C)C)c1-n1c(=O)c2ccc3c4ccc5c(=O)n(-c6c(C(C)C)cccc6C(C)C)c(=O)c6c5c4c4c5c(cc(c1=O)c2c35)c1cc2c(=O)n(-c3c(C(C)C)cccc3C(C)C)c(=O)c3cc(Cl)c5c7c(Cl)cc8c(=O)n(-c9c(C(C)C)cccc9C(C)C)c(=O)c9c8c7c(c1c5c32)c1c9c6c41. The Morgan fingerprint density at radius 1 is 0.191 bits per heavy atom. The maximum atomic E-state index is 17.5. The first-order valence-corrected chi connectivity index (χ1v) is 39.4. The van der Waals surface area contributed by atoms with Gasteiger partial charge in [-0.25, -0.2) is 18.3 Å². The molecule has 4 heterocycles. The Morgan fingerprint density at radius 3 is 0.718 bits per heavy atom. The molecule has 0 aliphatic carbocycles. The average molecular weight is 1480 g/mol. The van der Waals surface area contributed by atoms with Crippen molar-refractivity contribution in [3.8, 4) is 22.7 Å². The molecule has 0 fully saturated rings. The normalized spacial score (nSPS) is 13.2. The molecule has 542 valence electrons. The minimum Gasteiger partial charge on any atom is -0.268 e. The Labute approximate surface area is 638 Å². The van der Waals surface area contributed by atoms with Crippen molar-refractivity contribution < 1.29 is 0 Å². The van der Waals surface area contributed by atoms with Gasteiger partial charge in [-0.1, -0.05) is 219 Å². The summed E-state index contributed by atoms with van der Waals surface area (Å²) < 4.78 is 5.35. The zero-order valence-electron chi connectivity index (χ0n) is 64.0. The van der Waals surface area contributed by atoms with Crippen LogP contribution in [0.3, 0.4) is 0 Å². The van der Waals surface area contributed by atoms with Gasteiger partial charge in [0.15, 0.2) is 0 Å². The van der Waals surface area contributed by atoms with Crippen molar-refractivity contribution in [3.05, 3.63) is 259 Å². The molecule has 0 saturated carbocycles. The summed E-state index contributed by atoms with van der Waals surface area (Å²) >= 11 is 16.2. The molecule has 0 spiro atoms. The molecule has 110 heavy (non-hydrogen) atoms. The second-order valence-electron chi connectivity index (χ2n) is 33.7. The lowest BCUT2D eigenvalue weighted by molar-refractivity contribution is 0.792. The number of pyridine rings is 4. The summed E-state index contributed by atoms with van der Waals surface area (Å²) in [6, 6.07) is 38.0. The summed E-state index contributed by atoms with van der Waals surface area (Å²) in [5.74, 6) is -1.20. The van der Waals surface area contributed by atoms with Crippen LogP contribution in [0.25, 0.3) is 184 Å². The van der Waals surface area contributed by atoms with Crippen LogP contribution in [0.5, 0.6) is 0 Å². The molecular weight excluding hydrogens is 1410 g/mol. The summed E-state index contributed by atoms with van der Waals surface area (Å²) in [7, 11) is 0. The topological polar surface area (TPSA) is 156 Å². The maximum absolute atomic E-state index is 17.5. The fourth-order valence-corrected chi connectivity index (χ4v) is 21.0. The Kier molecular flexibility index (Phi) is 14.1. The van der Waals surface area contributed by atoms with E-state index in [1.807, 2.05) is 180 Å². The molecule has 0 amide bonds. The van der Waals surface area contributed by atoms with Gasteiger partial charge in [-0.15, -0.1) is 0 Å². The van der Waals surface area contributed by atoms with Crippen molar-refractivity contribution in [3.63, 3.8) is 0 Å². The number of nitrogens with zero attached hydrogens (tertiary/aromatic N) is 4. The third-order valence-electron chi connectivity index (χ3n) is 25.2. The summed E-state index contributed by atoms with van der Waals surface area (Å²) in [5.41, 5.74) is 3.54. The predicted octanol–water partition coefficient (Wildman–Crippen LogP) is 22.3. The van der Waals surface area contributed by atoms with Gasteiger partial charge in [0.2, 0.25) is 0 Å². The van der Waals surface area contributed by atoms with E-state index in [0.717, 1.165) is 44.5 Å². The molecule has 0 unspecified atom stereocenters. The summed E-state index contributed by atoms with van der Waals surface area (Å²) in [6.45, 7) is 32.7. The van der Waals surface area contributed by atoms with Gasteiger partial charge >= 0.3 is 0 Å². The quantitative estimate of drug-likeness (QED) is 0.0864. The molecule has 0 aliphatic heterocycles. The van der Waals surface area contributed by atoms with E-state index >= 15 is 38.4 Å². The number of aromatic nitrogens is 4. The van der Waals surface area contributed by atoms with Crippen LogP contribution in [-0.4, -0.2) is 18.3 Å². The first kappa shape index (κ1) is 68.1. The number of rotatable bonds is 12. The van der Waals surface area contributed by atoms with Crippen molar-refractivity contribution >= 4 is 185 Å². The van der Waals surface area contributed by atoms with Gasteiger partial charge in [0, 0.05) is 102 Å². The number of benzene rings is 14. The van der Waals surface area contributed by atoms with Crippen LogP contribution in [-0.2, 0) is 0 Å². The van der Waals surface area contributed by atoms with Crippen LogP contribution in [0, 0.1) is 0 Å². The van der Waals surface area contributed by atoms with E-state index in [1.54, 1.807) is 24.3 Å². The Bertz CT molecular complexity index is 7890. The van der Waals surface area contributed by atoms with Crippen molar-refractivity contribution in [2.75, 3.05) is 0 Å². The lowest BCUT2D eigenvalue weighted by Crippen LogP contribution is -2.35. The monoisotopic (exact) mass is 1480 g/mol. The minimum atomic E-state index is -0.637. The fourth-order valence-electron chi connectivity index (χ4n) is 20.4. The lowest BCUT2D eigenvalue weighted by Gasteiger charge is -2.30. The second kappa shape index (κ2) is 22.7. The van der Waals surface area contributed by atoms with Crippen LogP contribution >= 0.6 is 23.2 Å². The third kappa shape index (κ3) is 8.12. The highest BCUT2D eigenvalue weighted by Crippen LogP contribution is 2.62. The predicted molar refractivity (Wildman–Crippen MR) is 460 cm³/mol. The number of fused-ring (bicyclic) bond motifs is 6. The molecule has 20 aromatic rings. The van der Waals surface area contributed by atoms with Gasteiger partial charge in [0.25, 0.3) is 44.5 Å². The van der Waals surface area contributed by atoms with Crippen molar-refractivity contribution in [2.24, 2.45) is 0 Å². The Hall–Kier alpha value is -11.2. The maximum Gasteiger partial charge on any atom is 0.266 e. The molecule has 0 N–H and O–H groups in total. The zero-order chi connectivity index (χ0) is 77.1. The van der Waals surface area contributed by atoms with Crippen LogP contribution in [0.1, 0.15) is 203 Å². The largest absolute Gasteiger partial charge is 0.268 e. The zero-order valence-corrected chi connectivity index (χ0v) is 65.5. The molecule has 0 aliphatic rings. The van der Waals surface area contributed by atoms with E-state index in [4.69, 9.17) is 23.2 Å². The van der Waals surface area contributed by atoms with Gasteiger partial charge in [0.05, 0.1) is 44.3 Å². The summed E-state index contributed by atoms with van der Waals surface area (Å²) in [5, 5.41) is 11.9. The highest BCUT2D eigenvalue weighted by molar-refractivity contribution is 6.64. The molecule has 0 radical (unpaired) electrons. The number of hydrogen-bond acceptors (Lipinski definition) is 8. The van der Waals surface area contributed by atoms with Crippen LogP contribution in [0.2, 0.25) is 10.0 Å². The molecule has 20 rings (SSSR count). The molecular formula is C96H76Cl2N4O8. The van der Waals surface area contributed by atoms with Gasteiger partial charge < -0.3 is 0 Å². The summed E-state index contributed by atoms with van der Waals surface area (Å²) in [4.78, 5) is 135. The fraction of sp³-hybridized carbons (Fsp3) is 0.250. The minimum absolute atomic E-state index is 0.106. The number of hydrogen-bond donors (Lipinski definition) is 0. The highest BCUT2D eigenvalue weighted by atomic mass is 35.5. The molecule has 12 nitrogen and oxygen atoms in total. The molecule has 0 atom stereocenters. The number of halogens is 2. The van der Waals surface area contributed by atoms with Crippen molar-refractivity contribution in [1.29, 1.82) is 0 Å². The Balaban J connectivity index is 1.16. The van der Waals surface area contributed by atoms with Gasteiger partial charge in [-0.05, 0) is 177 Å². The highest BCUT2D eigenvalue weighted by Gasteiger charge is 2.39. The smallest absolute Gasteiger partial charge is 0.266 e. The van der Waals surface area contributed by atoms with Gasteiger partial charge in [-0.2, -0.15) is 0 Å². The first-order valence-electron chi connectivity index (χ1n) is 38.6. The third-order valence-corrected chi connectivity index (χ3v) is 25.7. The van der Waals surface area contributed by atoms with E-state index < -0.39 is 44.5 Å². The molecule has 16 aromatic carbocycles. The van der Waals surface area contributed by atoms with E-state index in [2.05, 4.69) is 27.7 Å². The number of para-hydroxylation sites is 4. The van der Waals surface area contributed by atoms with Crippen molar-refractivity contribution in [2.45, 2.75) is 158 Å². The van der Waals surface area contributed by atoms with Gasteiger partial charge in [0.1, 0.15) is 0 Å². The van der Waals surface area contributed by atoms with E-state index in [9.17, 15) is 0 Å². The van der Waals surface area contributed by atoms with Gasteiger partial charge in [-0.3, -0.25) is 38.4 Å². The van der Waals surface area contributed by atoms with E-state index in [0.29, 0.717) is 136 Å². The molecule has 0 saturated heterocycles. The standard InChI is InChI=1S/C96H76Cl2N4O8/c1-37(2)45-21-17-22-46(38(3)4)85(45)99-89(103)55-31-29-53-54-30-32-56-69-68(54)76-70-57(33-59(91(99)105)65(55)67(53)70)58-34-60-66-61(93(107)100(92(60)106)86-47(39(5)6)23-18-24-48(86)40(7)8)35-63(97)73-74-64(98)36-62-72-77(74)78(71(58)75(66)73)80-79(76)81(83(69)95(109)101(90(56)104)87-49(41(9)10)25-19-26-50(87)42(11)12)82(80)84(72)96(110)102(94(62)108)88-51(43(13)14)27-20-28-52(88)44(15)16/h17-44H,1-16H3. The van der Waals surface area contributed by atoms with E-state index in [1.165, 1.54) is 18.3 Å². The summed E-state index contributed by atoms with van der Waals surface area (Å²) in [6.07, 6.45) is 0. The first-order chi connectivity index (χ1) is 52.5. The Morgan fingerprint density at radius 2 is 0.382 bits per heavy atom. The van der Waals surface area contributed by atoms with Crippen molar-refractivity contribution in [1.82, 2.24) is 18.3 Å². The average Bonchev–Trinajstić information content (AvgIpc) is 0.633. The molecule has 14 heteroatoms.